The summed E-state index contributed by atoms with van der Waals surface area (Å²) in [5, 5.41) is 3.24. The van der Waals surface area contributed by atoms with Crippen LogP contribution < -0.4 is 15.0 Å². The molecule has 0 spiro atoms. The molecule has 2 rings (SSSR count). The number of nitrogens with one attached hydrogen (secondary N) is 1. The van der Waals surface area contributed by atoms with E-state index in [0.29, 0.717) is 0 Å². The number of rotatable bonds is 5. The topological polar surface area (TPSA) is 50.3 Å². The Morgan fingerprint density at radius 1 is 1.20 bits per heavy atom. The molecule has 0 unspecified atom stereocenters. The Hall–Kier alpha value is -2.30. The highest BCUT2D eigenvalue weighted by Gasteiger charge is 2.12. The fourth-order valence-corrected chi connectivity index (χ4v) is 2.05. The molecule has 1 heterocycles. The summed E-state index contributed by atoms with van der Waals surface area (Å²) in [6.07, 6.45) is 1.58. The summed E-state index contributed by atoms with van der Waals surface area (Å²) >= 11 is 0. The number of nitrogens with zero attached hydrogens (tertiary/aromatic N) is 3. The number of aromatic nitrogens is 2. The minimum absolute atomic E-state index is 0.837. The molecule has 0 atom stereocenters. The number of ether oxygens (including phenoxy) is 1. The number of benzene rings is 1. The number of anilines is 3. The summed E-state index contributed by atoms with van der Waals surface area (Å²) in [5.41, 5.74) is 2.09. The Morgan fingerprint density at radius 3 is 2.50 bits per heavy atom. The van der Waals surface area contributed by atoms with Crippen LogP contribution in [0.25, 0.3) is 0 Å². The lowest BCUT2D eigenvalue weighted by atomic mass is 10.2. The van der Waals surface area contributed by atoms with Crippen molar-refractivity contribution in [2.45, 2.75) is 13.8 Å². The van der Waals surface area contributed by atoms with Crippen LogP contribution in [-0.2, 0) is 0 Å². The third-order valence-corrected chi connectivity index (χ3v) is 3.18. The minimum atomic E-state index is 0.837. The normalized spacial score (nSPS) is 10.2. The van der Waals surface area contributed by atoms with Crippen LogP contribution in [0.4, 0.5) is 17.3 Å². The maximum absolute atomic E-state index is 5.18. The second-order valence-corrected chi connectivity index (χ2v) is 4.46. The number of hydrogen-bond donors (Lipinski definition) is 1. The first-order chi connectivity index (χ1) is 9.67. The van der Waals surface area contributed by atoms with Crippen LogP contribution in [0.1, 0.15) is 12.5 Å². The van der Waals surface area contributed by atoms with Gasteiger partial charge in [-0.15, -0.1) is 0 Å². The molecule has 0 amide bonds. The van der Waals surface area contributed by atoms with Gasteiger partial charge in [-0.25, -0.2) is 9.97 Å². The van der Waals surface area contributed by atoms with Gasteiger partial charge in [-0.1, -0.05) is 0 Å². The zero-order valence-corrected chi connectivity index (χ0v) is 12.3. The average Bonchev–Trinajstić information content (AvgIpc) is 2.49. The van der Waals surface area contributed by atoms with Crippen molar-refractivity contribution in [3.05, 3.63) is 36.2 Å². The van der Waals surface area contributed by atoms with E-state index in [1.807, 2.05) is 43.1 Å². The van der Waals surface area contributed by atoms with Gasteiger partial charge < -0.3 is 15.0 Å². The lowest BCUT2D eigenvalue weighted by Gasteiger charge is -2.21. The van der Waals surface area contributed by atoms with E-state index in [-0.39, 0.29) is 0 Å². The Balaban J connectivity index is 2.32. The molecule has 0 aliphatic heterocycles. The highest BCUT2D eigenvalue weighted by molar-refractivity contribution is 5.66. The van der Waals surface area contributed by atoms with Gasteiger partial charge in [0.2, 0.25) is 0 Å². The molecule has 0 radical (unpaired) electrons. The van der Waals surface area contributed by atoms with Crippen LogP contribution in [-0.4, -0.2) is 30.7 Å². The van der Waals surface area contributed by atoms with Crippen LogP contribution in [0.15, 0.2) is 30.6 Å². The molecule has 106 valence electrons. The summed E-state index contributed by atoms with van der Waals surface area (Å²) in [6, 6.07) is 7.89. The van der Waals surface area contributed by atoms with Crippen LogP contribution in [0.2, 0.25) is 0 Å². The molecule has 0 bridgehead atoms. The smallest absolute Gasteiger partial charge is 0.141 e. The summed E-state index contributed by atoms with van der Waals surface area (Å²) in [6.45, 7) is 4.91. The molecule has 0 aliphatic rings. The Bertz CT molecular complexity index is 569. The van der Waals surface area contributed by atoms with Crippen LogP contribution >= 0.6 is 0 Å². The van der Waals surface area contributed by atoms with E-state index in [1.54, 1.807) is 13.4 Å². The fourth-order valence-electron chi connectivity index (χ4n) is 2.05. The maximum atomic E-state index is 5.18. The fraction of sp³-hybridized carbons (Fsp3) is 0.333. The summed E-state index contributed by atoms with van der Waals surface area (Å²) in [5.74, 6) is 2.61. The van der Waals surface area contributed by atoms with Gasteiger partial charge in [0.15, 0.2) is 0 Å². The van der Waals surface area contributed by atoms with E-state index in [1.165, 1.54) is 0 Å². The quantitative estimate of drug-likeness (QED) is 0.906. The van der Waals surface area contributed by atoms with E-state index in [2.05, 4.69) is 22.2 Å². The largest absolute Gasteiger partial charge is 0.497 e. The first kappa shape index (κ1) is 14.1. The summed E-state index contributed by atoms with van der Waals surface area (Å²) in [4.78, 5) is 10.7. The maximum Gasteiger partial charge on any atom is 0.141 e. The minimum Gasteiger partial charge on any atom is -0.497 e. The second-order valence-electron chi connectivity index (χ2n) is 4.46. The third-order valence-electron chi connectivity index (χ3n) is 3.18. The van der Waals surface area contributed by atoms with Gasteiger partial charge in [-0.2, -0.15) is 0 Å². The van der Waals surface area contributed by atoms with Gasteiger partial charge in [0, 0.05) is 24.8 Å². The summed E-state index contributed by atoms with van der Waals surface area (Å²) in [7, 11) is 3.66. The monoisotopic (exact) mass is 272 g/mol. The zero-order valence-electron chi connectivity index (χ0n) is 12.3. The lowest BCUT2D eigenvalue weighted by Crippen LogP contribution is -2.14. The van der Waals surface area contributed by atoms with Crippen molar-refractivity contribution in [1.82, 2.24) is 9.97 Å². The van der Waals surface area contributed by atoms with Gasteiger partial charge in [0.1, 0.15) is 23.7 Å². The van der Waals surface area contributed by atoms with Gasteiger partial charge in [0.05, 0.1) is 7.11 Å². The van der Waals surface area contributed by atoms with E-state index >= 15 is 0 Å². The standard InChI is InChI=1S/C15H20N4O/c1-5-16-14-11(2)15(18-10-17-14)19(3)12-6-8-13(20-4)9-7-12/h6-10H,5H2,1-4H3,(H,16,17,18). The predicted molar refractivity (Wildman–Crippen MR) is 82.0 cm³/mol. The van der Waals surface area contributed by atoms with E-state index in [4.69, 9.17) is 4.74 Å². The van der Waals surface area contributed by atoms with Crippen molar-refractivity contribution in [2.75, 3.05) is 30.9 Å². The molecule has 5 nitrogen and oxygen atoms in total. The van der Waals surface area contributed by atoms with Crippen molar-refractivity contribution in [2.24, 2.45) is 0 Å². The zero-order chi connectivity index (χ0) is 14.5. The molecule has 20 heavy (non-hydrogen) atoms. The van der Waals surface area contributed by atoms with Gasteiger partial charge in [-0.3, -0.25) is 0 Å². The predicted octanol–water partition coefficient (Wildman–Crippen LogP) is 2.99. The highest BCUT2D eigenvalue weighted by atomic mass is 16.5. The van der Waals surface area contributed by atoms with Crippen molar-refractivity contribution in [3.8, 4) is 5.75 Å². The highest BCUT2D eigenvalue weighted by Crippen LogP contribution is 2.28. The molecule has 2 aromatic rings. The first-order valence-corrected chi connectivity index (χ1v) is 6.60. The van der Waals surface area contributed by atoms with Crippen LogP contribution in [0.3, 0.4) is 0 Å². The lowest BCUT2D eigenvalue weighted by molar-refractivity contribution is 0.415. The molecular formula is C15H20N4O. The molecule has 1 aromatic heterocycles. The molecular weight excluding hydrogens is 252 g/mol. The van der Waals surface area contributed by atoms with Crippen molar-refractivity contribution < 1.29 is 4.74 Å². The Morgan fingerprint density at radius 2 is 1.90 bits per heavy atom. The van der Waals surface area contributed by atoms with Crippen molar-refractivity contribution >= 4 is 17.3 Å². The molecule has 1 N–H and O–H groups in total. The molecule has 0 saturated heterocycles. The molecule has 0 fully saturated rings. The first-order valence-electron chi connectivity index (χ1n) is 6.60. The number of methoxy groups -OCH3 is 1. The van der Waals surface area contributed by atoms with E-state index < -0.39 is 0 Å². The van der Waals surface area contributed by atoms with Crippen molar-refractivity contribution in [1.29, 1.82) is 0 Å². The van der Waals surface area contributed by atoms with Gasteiger partial charge >= 0.3 is 0 Å². The van der Waals surface area contributed by atoms with E-state index in [9.17, 15) is 0 Å². The van der Waals surface area contributed by atoms with Crippen molar-refractivity contribution in [3.63, 3.8) is 0 Å². The van der Waals surface area contributed by atoms with E-state index in [0.717, 1.165) is 35.2 Å². The molecule has 0 saturated carbocycles. The number of hydrogen-bond acceptors (Lipinski definition) is 5. The molecule has 5 heteroatoms. The second kappa shape index (κ2) is 6.23. The van der Waals surface area contributed by atoms with Crippen LogP contribution in [0.5, 0.6) is 5.75 Å². The molecule has 1 aromatic carbocycles. The Labute approximate surface area is 119 Å². The van der Waals surface area contributed by atoms with Gasteiger partial charge in [-0.05, 0) is 38.1 Å². The van der Waals surface area contributed by atoms with Gasteiger partial charge in [0.25, 0.3) is 0 Å². The Kier molecular flexibility index (Phi) is 4.40. The average molecular weight is 272 g/mol. The van der Waals surface area contributed by atoms with Crippen LogP contribution in [0, 0.1) is 6.92 Å². The molecule has 0 aliphatic carbocycles. The third kappa shape index (κ3) is 2.82. The summed E-state index contributed by atoms with van der Waals surface area (Å²) < 4.78 is 5.18. The SMILES string of the molecule is CCNc1ncnc(N(C)c2ccc(OC)cc2)c1C.